The Labute approximate surface area is 189 Å². The number of hydrogen-bond acceptors (Lipinski definition) is 3. The summed E-state index contributed by atoms with van der Waals surface area (Å²) in [5, 5.41) is 0. The molecule has 1 aliphatic heterocycles. The minimum atomic E-state index is -5.03. The Morgan fingerprint density at radius 1 is 1.15 bits per heavy atom. The lowest BCUT2D eigenvalue weighted by atomic mass is 9.92. The highest BCUT2D eigenvalue weighted by Gasteiger charge is 2.64. The lowest BCUT2D eigenvalue weighted by molar-refractivity contribution is -0.147. The zero-order valence-electron chi connectivity index (χ0n) is 17.1. The highest BCUT2D eigenvalue weighted by molar-refractivity contribution is 7.89. The van der Waals surface area contributed by atoms with Crippen LogP contribution in [0.4, 0.5) is 30.7 Å². The van der Waals surface area contributed by atoms with Crippen molar-refractivity contribution in [3.05, 3.63) is 59.4 Å². The van der Waals surface area contributed by atoms with E-state index in [2.05, 4.69) is 0 Å². The summed E-state index contributed by atoms with van der Waals surface area (Å²) in [4.78, 5) is 13.6. The SMILES string of the molecule is O=C([C@@H]1C[C@@]1(F)c1ccc(F)cc1-c1c(F)cccc1F)N1C[C@@H](F)[C@H]1CNS(=O)(=O)C(F)F. The van der Waals surface area contributed by atoms with E-state index >= 15 is 4.39 Å². The summed E-state index contributed by atoms with van der Waals surface area (Å²) >= 11 is 0. The molecule has 1 aliphatic carbocycles. The molecule has 0 spiro atoms. The average Bonchev–Trinajstić information content (AvgIpc) is 3.43. The van der Waals surface area contributed by atoms with Gasteiger partial charge in [0.05, 0.1) is 24.1 Å². The molecule has 184 valence electrons. The van der Waals surface area contributed by atoms with Crippen molar-refractivity contribution in [1.82, 2.24) is 9.62 Å². The van der Waals surface area contributed by atoms with Gasteiger partial charge >= 0.3 is 5.76 Å². The molecule has 1 saturated carbocycles. The molecule has 1 N–H and O–H groups in total. The van der Waals surface area contributed by atoms with Gasteiger partial charge in [-0.15, -0.1) is 0 Å². The first-order valence-electron chi connectivity index (χ1n) is 10.0. The van der Waals surface area contributed by atoms with Gasteiger partial charge < -0.3 is 4.90 Å². The first-order chi connectivity index (χ1) is 15.9. The number of carbonyl (C=O) groups excluding carboxylic acids is 1. The summed E-state index contributed by atoms with van der Waals surface area (Å²) in [5.41, 5.74) is -3.91. The number of rotatable bonds is 7. The Morgan fingerprint density at radius 2 is 1.79 bits per heavy atom. The molecule has 1 heterocycles. The van der Waals surface area contributed by atoms with Crippen molar-refractivity contribution in [2.45, 2.75) is 30.1 Å². The van der Waals surface area contributed by atoms with Crippen molar-refractivity contribution >= 4 is 15.9 Å². The molecule has 0 unspecified atom stereocenters. The topological polar surface area (TPSA) is 66.5 Å². The minimum absolute atomic E-state index is 0.344. The quantitative estimate of drug-likeness (QED) is 0.579. The Kier molecular flexibility index (Phi) is 6.13. The van der Waals surface area contributed by atoms with Gasteiger partial charge in [-0.1, -0.05) is 12.1 Å². The third-order valence-corrected chi connectivity index (χ3v) is 7.09. The molecule has 1 saturated heterocycles. The summed E-state index contributed by atoms with van der Waals surface area (Å²) in [6, 6.07) is 4.01. The number of benzene rings is 2. The van der Waals surface area contributed by atoms with Crippen molar-refractivity contribution in [3.63, 3.8) is 0 Å². The van der Waals surface area contributed by atoms with E-state index in [1.54, 1.807) is 0 Å². The summed E-state index contributed by atoms with van der Waals surface area (Å²) in [6.45, 7) is -1.35. The second-order valence-corrected chi connectivity index (χ2v) is 9.87. The first kappa shape index (κ1) is 24.5. The maximum atomic E-state index is 15.8. The third kappa shape index (κ3) is 4.15. The molecule has 1 amide bonds. The van der Waals surface area contributed by atoms with E-state index in [0.717, 1.165) is 41.3 Å². The van der Waals surface area contributed by atoms with Crippen LogP contribution in [0.5, 0.6) is 0 Å². The predicted molar refractivity (Wildman–Crippen MR) is 106 cm³/mol. The van der Waals surface area contributed by atoms with Crippen LogP contribution in [0.25, 0.3) is 11.1 Å². The molecule has 13 heteroatoms. The van der Waals surface area contributed by atoms with Crippen molar-refractivity contribution in [3.8, 4) is 11.1 Å². The molecule has 0 aromatic heterocycles. The van der Waals surface area contributed by atoms with Gasteiger partial charge in [-0.25, -0.2) is 35.1 Å². The van der Waals surface area contributed by atoms with Crippen molar-refractivity contribution < 1.29 is 43.9 Å². The monoisotopic (exact) mass is 510 g/mol. The van der Waals surface area contributed by atoms with E-state index in [4.69, 9.17) is 0 Å². The molecule has 2 fully saturated rings. The standard InChI is InChI=1S/C21H17F7N2O3S/c22-10-4-5-12(11(6-10)18-14(23)2-1-3-15(18)24)21(28)7-13(21)19(31)30-9-16(25)17(30)8-29-34(32,33)20(26)27/h1-6,13,16-17,20,29H,7-9H2/t13-,16+,17+,21+/m0/s1. The molecule has 0 bridgehead atoms. The summed E-state index contributed by atoms with van der Waals surface area (Å²) < 4.78 is 121. The second-order valence-electron chi connectivity index (χ2n) is 8.13. The van der Waals surface area contributed by atoms with Gasteiger partial charge in [-0.2, -0.15) is 8.78 Å². The molecule has 4 rings (SSSR count). The number of likely N-dealkylation sites (tertiary alicyclic amines) is 1. The molecule has 2 aromatic rings. The summed E-state index contributed by atoms with van der Waals surface area (Å²) in [6.07, 6.45) is -2.19. The summed E-state index contributed by atoms with van der Waals surface area (Å²) in [7, 11) is -5.03. The molecule has 2 aromatic carbocycles. The number of halogens is 7. The highest BCUT2D eigenvalue weighted by atomic mass is 32.2. The number of amides is 1. The normalized spacial score (nSPS) is 26.5. The molecule has 5 nitrogen and oxygen atoms in total. The van der Waals surface area contributed by atoms with Crippen LogP contribution in [0.15, 0.2) is 36.4 Å². The Balaban J connectivity index is 1.58. The van der Waals surface area contributed by atoms with Crippen LogP contribution >= 0.6 is 0 Å². The smallest absolute Gasteiger partial charge is 0.332 e. The van der Waals surface area contributed by atoms with Crippen LogP contribution < -0.4 is 4.72 Å². The van der Waals surface area contributed by atoms with Crippen LogP contribution in [0, 0.1) is 23.4 Å². The van der Waals surface area contributed by atoms with Crippen LogP contribution in [0.3, 0.4) is 0 Å². The molecule has 2 aliphatic rings. The van der Waals surface area contributed by atoms with E-state index < -0.39 is 93.6 Å². The number of carbonyl (C=O) groups is 1. The molecule has 0 radical (unpaired) electrons. The molecule has 4 atom stereocenters. The van der Waals surface area contributed by atoms with E-state index in [9.17, 15) is 39.6 Å². The van der Waals surface area contributed by atoms with Crippen molar-refractivity contribution in [2.24, 2.45) is 5.92 Å². The number of hydrogen-bond donors (Lipinski definition) is 1. The number of alkyl halides is 4. The number of nitrogens with one attached hydrogen (secondary N) is 1. The Morgan fingerprint density at radius 3 is 2.38 bits per heavy atom. The van der Waals surface area contributed by atoms with E-state index in [0.29, 0.717) is 0 Å². The fraction of sp³-hybridized carbons (Fsp3) is 0.381. The minimum Gasteiger partial charge on any atom is -0.332 e. The van der Waals surface area contributed by atoms with Crippen LogP contribution in [0.1, 0.15) is 12.0 Å². The van der Waals surface area contributed by atoms with E-state index in [-0.39, 0.29) is 5.56 Å². The van der Waals surface area contributed by atoms with E-state index in [1.165, 1.54) is 4.72 Å². The van der Waals surface area contributed by atoms with Gasteiger partial charge in [-0.05, 0) is 35.4 Å². The lowest BCUT2D eigenvalue weighted by Crippen LogP contribution is -2.64. The summed E-state index contributed by atoms with van der Waals surface area (Å²) in [5.74, 6) is -9.16. The predicted octanol–water partition coefficient (Wildman–Crippen LogP) is 3.65. The van der Waals surface area contributed by atoms with Crippen molar-refractivity contribution in [1.29, 1.82) is 0 Å². The lowest BCUT2D eigenvalue weighted by Gasteiger charge is -2.44. The van der Waals surface area contributed by atoms with Gasteiger partial charge in [0.25, 0.3) is 10.0 Å². The molecular formula is C21H17F7N2O3S. The fourth-order valence-electron chi connectivity index (χ4n) is 4.12. The third-order valence-electron chi connectivity index (χ3n) is 6.05. The van der Waals surface area contributed by atoms with Gasteiger partial charge in [0.1, 0.15) is 29.3 Å². The highest BCUT2D eigenvalue weighted by Crippen LogP contribution is 2.59. The zero-order chi connectivity index (χ0) is 25.0. The van der Waals surface area contributed by atoms with Crippen molar-refractivity contribution in [2.75, 3.05) is 13.1 Å². The fourth-order valence-corrected chi connectivity index (χ4v) is 4.65. The Hall–Kier alpha value is -2.67. The first-order valence-corrected chi connectivity index (χ1v) is 11.6. The van der Waals surface area contributed by atoms with Crippen LogP contribution in [-0.4, -0.2) is 50.3 Å². The number of sulfonamides is 1. The molecule has 34 heavy (non-hydrogen) atoms. The Bertz CT molecular complexity index is 1220. The van der Waals surface area contributed by atoms with Gasteiger partial charge in [-0.3, -0.25) is 4.79 Å². The van der Waals surface area contributed by atoms with Crippen LogP contribution in [-0.2, 0) is 20.5 Å². The largest absolute Gasteiger partial charge is 0.350 e. The average molecular weight is 510 g/mol. The van der Waals surface area contributed by atoms with E-state index in [1.807, 2.05) is 0 Å². The van der Waals surface area contributed by atoms with Gasteiger partial charge in [0.2, 0.25) is 5.91 Å². The van der Waals surface area contributed by atoms with Crippen LogP contribution in [0.2, 0.25) is 0 Å². The maximum Gasteiger partial charge on any atom is 0.350 e. The van der Waals surface area contributed by atoms with Gasteiger partial charge in [0, 0.05) is 13.0 Å². The molecular weight excluding hydrogens is 493 g/mol. The van der Waals surface area contributed by atoms with Gasteiger partial charge in [0.15, 0.2) is 0 Å². The second kappa shape index (κ2) is 8.52. The number of nitrogens with zero attached hydrogens (tertiary/aromatic N) is 1. The zero-order valence-corrected chi connectivity index (χ0v) is 17.9. The maximum absolute atomic E-state index is 15.8.